The quantitative estimate of drug-likeness (QED) is 0.142. The molecule has 0 radical (unpaired) electrons. The maximum atomic E-state index is 2.54. The lowest BCUT2D eigenvalue weighted by Gasteiger charge is -2.32. The molecule has 4 aliphatic carbocycles. The van der Waals surface area contributed by atoms with Gasteiger partial charge in [-0.25, -0.2) is 0 Å². The lowest BCUT2D eigenvalue weighted by molar-refractivity contribution is 0.660. The average molecular weight is 1110 g/mol. The van der Waals surface area contributed by atoms with E-state index in [1.165, 1.54) is 111 Å². The van der Waals surface area contributed by atoms with Crippen LogP contribution >= 0.6 is 0 Å². The van der Waals surface area contributed by atoms with Crippen molar-refractivity contribution >= 4 is 34.1 Å². The smallest absolute Gasteiger partial charge is 0.0725 e. The first kappa shape index (κ1) is 50.9. The maximum absolute atomic E-state index is 2.54. The van der Waals surface area contributed by atoms with Gasteiger partial charge in [-0.05, 0) is 195 Å². The summed E-state index contributed by atoms with van der Waals surface area (Å²) in [6.45, 7) is 9.48. The Kier molecular flexibility index (Phi) is 11.3. The van der Waals surface area contributed by atoms with Crippen LogP contribution in [0.4, 0.5) is 34.1 Å². The van der Waals surface area contributed by atoms with Gasteiger partial charge in [0.1, 0.15) is 0 Å². The van der Waals surface area contributed by atoms with Gasteiger partial charge < -0.3 is 9.80 Å². The Morgan fingerprint density at radius 3 is 0.908 bits per heavy atom. The van der Waals surface area contributed by atoms with Crippen molar-refractivity contribution in [3.8, 4) is 77.9 Å². The summed E-state index contributed by atoms with van der Waals surface area (Å²) in [4.78, 5) is 5.00. The molecule has 0 atom stereocenters. The van der Waals surface area contributed by atoms with Crippen molar-refractivity contribution in [2.75, 3.05) is 9.80 Å². The fraction of sp³-hybridized carbons (Fsp3) is 0.0824. The zero-order chi connectivity index (χ0) is 58.2. The van der Waals surface area contributed by atoms with Crippen LogP contribution in [0.3, 0.4) is 0 Å². The normalized spacial score (nSPS) is 14.3. The van der Waals surface area contributed by atoms with Crippen LogP contribution in [-0.2, 0) is 16.2 Å². The molecule has 0 unspecified atom stereocenters. The van der Waals surface area contributed by atoms with Gasteiger partial charge in [0, 0.05) is 45.0 Å². The second-order valence-corrected chi connectivity index (χ2v) is 25.2. The van der Waals surface area contributed by atoms with Gasteiger partial charge in [0.15, 0.2) is 0 Å². The Hall–Kier alpha value is -10.5. The van der Waals surface area contributed by atoms with Gasteiger partial charge in [0.05, 0.1) is 5.41 Å². The van der Waals surface area contributed by atoms with Crippen molar-refractivity contribution in [2.45, 2.75) is 43.9 Å². The molecule has 0 aromatic heterocycles. The zero-order valence-corrected chi connectivity index (χ0v) is 49.3. The third kappa shape index (κ3) is 7.60. The molecule has 4 aliphatic rings. The summed E-state index contributed by atoms with van der Waals surface area (Å²) in [5.41, 5.74) is 33.7. The second-order valence-electron chi connectivity index (χ2n) is 25.2. The van der Waals surface area contributed by atoms with E-state index in [0.29, 0.717) is 0 Å². The van der Waals surface area contributed by atoms with E-state index in [9.17, 15) is 0 Å². The summed E-state index contributed by atoms with van der Waals surface area (Å²) in [6.07, 6.45) is 0. The summed E-state index contributed by atoms with van der Waals surface area (Å²) in [7, 11) is 0. The number of benzene rings is 13. The van der Waals surface area contributed by atoms with Crippen LogP contribution < -0.4 is 9.80 Å². The molecular weight excluding hydrogens is 1050 g/mol. The van der Waals surface area contributed by atoms with E-state index in [0.717, 1.165) is 45.3 Å². The van der Waals surface area contributed by atoms with Crippen molar-refractivity contribution in [1.29, 1.82) is 0 Å². The molecule has 0 saturated heterocycles. The first-order chi connectivity index (χ1) is 42.6. The number of hydrogen-bond donors (Lipinski definition) is 0. The minimum atomic E-state index is -0.502. The number of rotatable bonds is 9. The minimum Gasteiger partial charge on any atom is -0.310 e. The van der Waals surface area contributed by atoms with Gasteiger partial charge in [-0.3, -0.25) is 0 Å². The van der Waals surface area contributed by atoms with Crippen LogP contribution in [0.15, 0.2) is 303 Å². The molecule has 0 bridgehead atoms. The maximum Gasteiger partial charge on any atom is 0.0725 e. The molecule has 2 nitrogen and oxygen atoms in total. The molecule has 87 heavy (non-hydrogen) atoms. The highest BCUT2D eigenvalue weighted by Gasteiger charge is 2.51. The van der Waals surface area contributed by atoms with E-state index < -0.39 is 5.41 Å². The fourth-order valence-electron chi connectivity index (χ4n) is 15.8. The predicted octanol–water partition coefficient (Wildman–Crippen LogP) is 22.6. The van der Waals surface area contributed by atoms with E-state index in [-0.39, 0.29) is 10.8 Å². The first-order valence-corrected chi connectivity index (χ1v) is 30.6. The molecule has 13 aromatic rings. The lowest BCUT2D eigenvalue weighted by atomic mass is 9.70. The molecule has 0 saturated carbocycles. The fourth-order valence-corrected chi connectivity index (χ4v) is 15.8. The molecule has 0 heterocycles. The zero-order valence-electron chi connectivity index (χ0n) is 49.3. The lowest BCUT2D eigenvalue weighted by Crippen LogP contribution is -2.25. The van der Waals surface area contributed by atoms with Crippen molar-refractivity contribution in [2.24, 2.45) is 0 Å². The van der Waals surface area contributed by atoms with Gasteiger partial charge in [0.25, 0.3) is 0 Å². The number of fused-ring (bicyclic) bond motifs is 16. The van der Waals surface area contributed by atoms with Gasteiger partial charge in [-0.1, -0.05) is 258 Å². The van der Waals surface area contributed by atoms with Gasteiger partial charge in [-0.15, -0.1) is 0 Å². The molecule has 0 fully saturated rings. The Balaban J connectivity index is 0.937. The molecular formula is C85H62N2. The Bertz CT molecular complexity index is 4640. The van der Waals surface area contributed by atoms with Gasteiger partial charge >= 0.3 is 0 Å². The summed E-state index contributed by atoms with van der Waals surface area (Å²) in [5, 5.41) is 0. The molecule has 0 amide bonds. The third-order valence-electron chi connectivity index (χ3n) is 19.9. The van der Waals surface area contributed by atoms with Crippen LogP contribution in [0.2, 0.25) is 0 Å². The van der Waals surface area contributed by atoms with Crippen LogP contribution in [-0.4, -0.2) is 0 Å². The largest absolute Gasteiger partial charge is 0.310 e. The molecule has 412 valence electrons. The Morgan fingerprint density at radius 2 is 0.494 bits per heavy atom. The van der Waals surface area contributed by atoms with Crippen LogP contribution in [0.1, 0.15) is 72.2 Å². The highest BCUT2D eigenvalue weighted by molar-refractivity contribution is 5.98. The SMILES string of the molecule is CC1(C)c2ccccc2-c2cc(N(c3ccc(-c4ccccc4)cc3)c3cc(-c4ccc5c(c4)C4(c6ccccc6-c6ccccc64)c4ccccc4-5)cc(N(c4ccc(-c5ccccc5)cc4)c4ccc5c(c4)-c4ccccc4C5(C)C)c3)ccc21. The molecule has 2 heteroatoms. The van der Waals surface area contributed by atoms with Gasteiger partial charge in [0.2, 0.25) is 0 Å². The topological polar surface area (TPSA) is 6.48 Å². The van der Waals surface area contributed by atoms with E-state index in [2.05, 4.69) is 341 Å². The van der Waals surface area contributed by atoms with Crippen molar-refractivity contribution in [1.82, 2.24) is 0 Å². The highest BCUT2D eigenvalue weighted by atomic mass is 15.2. The van der Waals surface area contributed by atoms with Crippen molar-refractivity contribution in [3.05, 3.63) is 348 Å². The highest BCUT2D eigenvalue weighted by Crippen LogP contribution is 2.63. The number of hydrogen-bond acceptors (Lipinski definition) is 2. The summed E-state index contributed by atoms with van der Waals surface area (Å²) < 4.78 is 0. The van der Waals surface area contributed by atoms with Gasteiger partial charge in [-0.2, -0.15) is 0 Å². The van der Waals surface area contributed by atoms with Crippen LogP contribution in [0.5, 0.6) is 0 Å². The predicted molar refractivity (Wildman–Crippen MR) is 364 cm³/mol. The number of anilines is 6. The van der Waals surface area contributed by atoms with Crippen LogP contribution in [0, 0.1) is 0 Å². The molecule has 13 aromatic carbocycles. The van der Waals surface area contributed by atoms with Crippen LogP contribution in [0.25, 0.3) is 77.9 Å². The Morgan fingerprint density at radius 1 is 0.184 bits per heavy atom. The molecule has 0 N–H and O–H groups in total. The molecule has 17 rings (SSSR count). The van der Waals surface area contributed by atoms with Crippen molar-refractivity contribution < 1.29 is 0 Å². The van der Waals surface area contributed by atoms with E-state index in [1.807, 2.05) is 0 Å². The molecule has 0 aliphatic heterocycles. The van der Waals surface area contributed by atoms with E-state index in [1.54, 1.807) is 0 Å². The average Bonchev–Trinajstić information content (AvgIpc) is 1.52. The summed E-state index contributed by atoms with van der Waals surface area (Å²) in [6, 6.07) is 114. The van der Waals surface area contributed by atoms with E-state index in [4.69, 9.17) is 0 Å². The summed E-state index contributed by atoms with van der Waals surface area (Å²) >= 11 is 0. The Labute approximate surface area is 510 Å². The number of nitrogens with zero attached hydrogens (tertiary/aromatic N) is 2. The standard InChI is InChI=1S/C85H62N2/c1-83(2)75-30-16-11-28-70(75)73-53-63(44-47-77(73)83)86(61-40-35-57(36-41-61)55-21-7-5-8-22-55)65-49-60(59-39-46-72-69-27-15-20-34-81(69)85(82(72)51-59)79-32-18-13-25-67(79)68-26-14-19-33-80(68)85)50-66(52-65)87(62-42-37-58(38-43-62)56-23-9-6-10-24-56)64-45-48-78-74(54-64)71-29-12-17-31-76(71)84(78,3)4/h5-54H,1-4H3. The monoisotopic (exact) mass is 1110 g/mol. The van der Waals surface area contributed by atoms with E-state index >= 15 is 0 Å². The third-order valence-corrected chi connectivity index (χ3v) is 19.9. The molecule has 1 spiro atoms. The summed E-state index contributed by atoms with van der Waals surface area (Å²) in [5.74, 6) is 0. The first-order valence-electron chi connectivity index (χ1n) is 30.6. The van der Waals surface area contributed by atoms with Crippen molar-refractivity contribution in [3.63, 3.8) is 0 Å². The second kappa shape index (κ2) is 19.2. The minimum absolute atomic E-state index is 0.146.